The molecule has 0 amide bonds. The Morgan fingerprint density at radius 1 is 1.19 bits per heavy atom. The van der Waals surface area contributed by atoms with E-state index in [1.165, 1.54) is 31.7 Å². The lowest BCUT2D eigenvalue weighted by Crippen LogP contribution is -2.03. The molecule has 1 N–H and O–H groups in total. The monoisotopic (exact) mass is 243 g/mol. The molecule has 0 aliphatic carbocycles. The van der Waals surface area contributed by atoms with Crippen LogP contribution in [0.15, 0.2) is 18.2 Å². The number of halogens is 2. The molecule has 0 saturated carbocycles. The number of unbranched alkanes of at least 4 members (excludes halogenated alkanes) is 4. The van der Waals surface area contributed by atoms with Gasteiger partial charge in [-0.25, -0.2) is 4.39 Å². The molecule has 0 spiro atoms. The summed E-state index contributed by atoms with van der Waals surface area (Å²) in [4.78, 5) is 0. The first-order valence-corrected chi connectivity index (χ1v) is 6.30. The Bertz CT molecular complexity index is 315. The second-order valence-corrected chi connectivity index (χ2v) is 4.40. The smallest absolute Gasteiger partial charge is 0.147 e. The van der Waals surface area contributed by atoms with E-state index in [2.05, 4.69) is 12.2 Å². The SMILES string of the molecule is CCCCCCCNc1ccc(Cl)cc1F. The molecule has 3 heteroatoms. The summed E-state index contributed by atoms with van der Waals surface area (Å²) in [6.07, 6.45) is 6.09. The van der Waals surface area contributed by atoms with Gasteiger partial charge in [-0.15, -0.1) is 0 Å². The number of nitrogens with one attached hydrogen (secondary N) is 1. The Kier molecular flexibility index (Phi) is 6.24. The van der Waals surface area contributed by atoms with Gasteiger partial charge in [-0.1, -0.05) is 44.2 Å². The summed E-state index contributed by atoms with van der Waals surface area (Å²) in [6, 6.07) is 4.72. The number of benzene rings is 1. The van der Waals surface area contributed by atoms with Crippen molar-refractivity contribution in [3.8, 4) is 0 Å². The molecule has 0 fully saturated rings. The van der Waals surface area contributed by atoms with Crippen LogP contribution in [0.25, 0.3) is 0 Å². The van der Waals surface area contributed by atoms with Gasteiger partial charge in [0.15, 0.2) is 0 Å². The van der Waals surface area contributed by atoms with E-state index in [-0.39, 0.29) is 5.82 Å². The second-order valence-electron chi connectivity index (χ2n) is 3.97. The Morgan fingerprint density at radius 2 is 1.94 bits per heavy atom. The molecule has 0 bridgehead atoms. The van der Waals surface area contributed by atoms with Crippen molar-refractivity contribution in [1.29, 1.82) is 0 Å². The summed E-state index contributed by atoms with van der Waals surface area (Å²) < 4.78 is 13.3. The highest BCUT2D eigenvalue weighted by atomic mass is 35.5. The summed E-state index contributed by atoms with van der Waals surface area (Å²) in [5.41, 5.74) is 0.542. The standard InChI is InChI=1S/C13H19ClFN/c1-2-3-4-5-6-9-16-13-8-7-11(14)10-12(13)15/h7-8,10,16H,2-6,9H2,1H3. The van der Waals surface area contributed by atoms with E-state index >= 15 is 0 Å². The molecule has 0 atom stereocenters. The van der Waals surface area contributed by atoms with Gasteiger partial charge in [0.2, 0.25) is 0 Å². The van der Waals surface area contributed by atoms with Crippen molar-refractivity contribution < 1.29 is 4.39 Å². The zero-order valence-corrected chi connectivity index (χ0v) is 10.5. The van der Waals surface area contributed by atoms with Gasteiger partial charge in [0.05, 0.1) is 5.69 Å². The molecule has 1 nitrogen and oxygen atoms in total. The van der Waals surface area contributed by atoms with Gasteiger partial charge in [-0.2, -0.15) is 0 Å². The molecule has 0 unspecified atom stereocenters. The predicted octanol–water partition coefficient (Wildman–Crippen LogP) is 4.86. The predicted molar refractivity (Wildman–Crippen MR) is 68.7 cm³/mol. The summed E-state index contributed by atoms with van der Waals surface area (Å²) in [5.74, 6) is -0.277. The molecule has 16 heavy (non-hydrogen) atoms. The molecule has 0 aliphatic heterocycles. The molecule has 90 valence electrons. The second kappa shape index (κ2) is 7.50. The molecule has 1 rings (SSSR count). The van der Waals surface area contributed by atoms with Crippen molar-refractivity contribution >= 4 is 17.3 Å². The third-order valence-corrected chi connectivity index (χ3v) is 2.76. The number of anilines is 1. The van der Waals surface area contributed by atoms with Crippen LogP contribution in [-0.2, 0) is 0 Å². The topological polar surface area (TPSA) is 12.0 Å². The first-order chi connectivity index (χ1) is 7.74. The summed E-state index contributed by atoms with van der Waals surface area (Å²) in [7, 11) is 0. The van der Waals surface area contributed by atoms with Crippen molar-refractivity contribution in [3.63, 3.8) is 0 Å². The fraction of sp³-hybridized carbons (Fsp3) is 0.538. The maximum Gasteiger partial charge on any atom is 0.147 e. The fourth-order valence-electron chi connectivity index (χ4n) is 1.58. The molecular formula is C13H19ClFN. The van der Waals surface area contributed by atoms with E-state index in [1.807, 2.05) is 0 Å². The highest BCUT2D eigenvalue weighted by Crippen LogP contribution is 2.18. The maximum atomic E-state index is 13.3. The zero-order valence-electron chi connectivity index (χ0n) is 9.73. The van der Waals surface area contributed by atoms with Crippen molar-refractivity contribution in [3.05, 3.63) is 29.0 Å². The zero-order chi connectivity index (χ0) is 11.8. The van der Waals surface area contributed by atoms with Gasteiger partial charge < -0.3 is 5.32 Å². The molecule has 0 saturated heterocycles. The van der Waals surface area contributed by atoms with Crippen molar-refractivity contribution in [2.75, 3.05) is 11.9 Å². The largest absolute Gasteiger partial charge is 0.383 e. The summed E-state index contributed by atoms with van der Waals surface area (Å²) in [5, 5.41) is 3.52. The van der Waals surface area contributed by atoms with Crippen LogP contribution >= 0.6 is 11.6 Å². The molecule has 1 aromatic rings. The molecule has 0 radical (unpaired) electrons. The van der Waals surface area contributed by atoms with Crippen LogP contribution in [-0.4, -0.2) is 6.54 Å². The lowest BCUT2D eigenvalue weighted by Gasteiger charge is -2.07. The van der Waals surface area contributed by atoms with Gasteiger partial charge in [0.25, 0.3) is 0 Å². The van der Waals surface area contributed by atoms with E-state index in [4.69, 9.17) is 11.6 Å². The van der Waals surface area contributed by atoms with Crippen molar-refractivity contribution in [2.45, 2.75) is 39.0 Å². The Hall–Kier alpha value is -0.760. The average molecular weight is 244 g/mol. The third kappa shape index (κ3) is 4.84. The number of rotatable bonds is 7. The van der Waals surface area contributed by atoms with Gasteiger partial charge in [0, 0.05) is 11.6 Å². The van der Waals surface area contributed by atoms with E-state index in [0.29, 0.717) is 10.7 Å². The third-order valence-electron chi connectivity index (χ3n) is 2.53. The minimum atomic E-state index is -0.277. The van der Waals surface area contributed by atoms with Gasteiger partial charge >= 0.3 is 0 Å². The van der Waals surface area contributed by atoms with Crippen LogP contribution in [0.5, 0.6) is 0 Å². The fourth-order valence-corrected chi connectivity index (χ4v) is 1.74. The first-order valence-electron chi connectivity index (χ1n) is 5.93. The van der Waals surface area contributed by atoms with Gasteiger partial charge in [-0.05, 0) is 24.6 Å². The van der Waals surface area contributed by atoms with E-state index in [0.717, 1.165) is 13.0 Å². The minimum absolute atomic E-state index is 0.277. The van der Waals surface area contributed by atoms with Crippen LogP contribution in [0, 0.1) is 5.82 Å². The molecule has 0 heterocycles. The van der Waals surface area contributed by atoms with Crippen LogP contribution in [0.4, 0.5) is 10.1 Å². The van der Waals surface area contributed by atoms with Crippen molar-refractivity contribution in [2.24, 2.45) is 0 Å². The summed E-state index contributed by atoms with van der Waals surface area (Å²) >= 11 is 5.67. The Balaban J connectivity index is 2.21. The number of hydrogen-bond acceptors (Lipinski definition) is 1. The van der Waals surface area contributed by atoms with Gasteiger partial charge in [0.1, 0.15) is 5.82 Å². The Morgan fingerprint density at radius 3 is 2.62 bits per heavy atom. The van der Waals surface area contributed by atoms with Crippen LogP contribution in [0.1, 0.15) is 39.0 Å². The van der Waals surface area contributed by atoms with Crippen molar-refractivity contribution in [1.82, 2.24) is 0 Å². The first kappa shape index (κ1) is 13.3. The van der Waals surface area contributed by atoms with E-state index in [9.17, 15) is 4.39 Å². The normalized spacial score (nSPS) is 10.4. The lowest BCUT2D eigenvalue weighted by molar-refractivity contribution is 0.624. The maximum absolute atomic E-state index is 13.3. The number of hydrogen-bond donors (Lipinski definition) is 1. The molecule has 1 aromatic carbocycles. The highest BCUT2D eigenvalue weighted by Gasteiger charge is 2.01. The molecule has 0 aromatic heterocycles. The molecule has 0 aliphatic rings. The average Bonchev–Trinajstić information content (AvgIpc) is 2.26. The molecular weight excluding hydrogens is 225 g/mol. The Labute approximate surface area is 102 Å². The van der Waals surface area contributed by atoms with Crippen LogP contribution in [0.3, 0.4) is 0 Å². The van der Waals surface area contributed by atoms with Gasteiger partial charge in [-0.3, -0.25) is 0 Å². The van der Waals surface area contributed by atoms with E-state index in [1.54, 1.807) is 12.1 Å². The minimum Gasteiger partial charge on any atom is -0.383 e. The van der Waals surface area contributed by atoms with Crippen LogP contribution < -0.4 is 5.32 Å². The quantitative estimate of drug-likeness (QED) is 0.675. The highest BCUT2D eigenvalue weighted by molar-refractivity contribution is 6.30. The summed E-state index contributed by atoms with van der Waals surface area (Å²) in [6.45, 7) is 3.02. The van der Waals surface area contributed by atoms with Crippen LogP contribution in [0.2, 0.25) is 5.02 Å². The lowest BCUT2D eigenvalue weighted by atomic mass is 10.1. The van der Waals surface area contributed by atoms with E-state index < -0.39 is 0 Å².